The predicted octanol–water partition coefficient (Wildman–Crippen LogP) is 4.78. The van der Waals surface area contributed by atoms with Crippen molar-refractivity contribution in [3.63, 3.8) is 0 Å². The van der Waals surface area contributed by atoms with Gasteiger partial charge >= 0.3 is 0 Å². The molecule has 98 valence electrons. The molecule has 0 atom stereocenters. The number of benzene rings is 2. The first-order valence-electron chi connectivity index (χ1n) is 6.81. The Balaban J connectivity index is 1.73. The maximum absolute atomic E-state index is 5.68. The van der Waals surface area contributed by atoms with E-state index in [0.717, 1.165) is 17.7 Å². The minimum absolute atomic E-state index is 0.796. The fraction of sp³-hybridized carbons (Fsp3) is 0.0526. The highest BCUT2D eigenvalue weighted by atomic mass is 14.5. The molecule has 0 fully saturated rings. The minimum Gasteiger partial charge on any atom is -0.399 e. The summed E-state index contributed by atoms with van der Waals surface area (Å²) in [5.74, 6) is 0. The van der Waals surface area contributed by atoms with E-state index in [1.165, 1.54) is 16.7 Å². The van der Waals surface area contributed by atoms with Gasteiger partial charge in [-0.3, -0.25) is 0 Å². The van der Waals surface area contributed by atoms with E-state index in [1.54, 1.807) is 0 Å². The molecule has 0 bridgehead atoms. The van der Waals surface area contributed by atoms with E-state index in [-0.39, 0.29) is 0 Å². The normalized spacial score (nSPS) is 13.9. The van der Waals surface area contributed by atoms with Gasteiger partial charge in [-0.1, -0.05) is 66.8 Å². The van der Waals surface area contributed by atoms with Gasteiger partial charge in [0.05, 0.1) is 0 Å². The Morgan fingerprint density at radius 2 is 1.40 bits per heavy atom. The Bertz CT molecular complexity index is 671. The first-order chi connectivity index (χ1) is 9.81. The first kappa shape index (κ1) is 12.5. The average molecular weight is 259 g/mol. The molecule has 2 N–H and O–H groups in total. The number of anilines is 1. The molecule has 0 heterocycles. The molecule has 1 aliphatic carbocycles. The molecule has 0 saturated heterocycles. The van der Waals surface area contributed by atoms with Crippen LogP contribution in [0.4, 0.5) is 5.69 Å². The number of hydrogen-bond donors (Lipinski definition) is 1. The van der Waals surface area contributed by atoms with Crippen LogP contribution in [-0.4, -0.2) is 0 Å². The molecule has 0 aliphatic heterocycles. The highest BCUT2D eigenvalue weighted by Crippen LogP contribution is 2.23. The number of hydrogen-bond acceptors (Lipinski definition) is 1. The maximum Gasteiger partial charge on any atom is 0.0314 e. The van der Waals surface area contributed by atoms with Gasteiger partial charge in [0.2, 0.25) is 0 Å². The molecule has 0 radical (unpaired) electrons. The molecule has 0 spiro atoms. The second-order valence-corrected chi connectivity index (χ2v) is 4.95. The van der Waals surface area contributed by atoms with Crippen LogP contribution in [0.2, 0.25) is 0 Å². The fourth-order valence-corrected chi connectivity index (χ4v) is 2.27. The Hall–Kier alpha value is -2.54. The lowest BCUT2D eigenvalue weighted by Gasteiger charge is -2.02. The van der Waals surface area contributed by atoms with Crippen LogP contribution in [0, 0.1) is 0 Å². The quantitative estimate of drug-likeness (QED) is 0.623. The molecule has 0 aromatic heterocycles. The summed E-state index contributed by atoms with van der Waals surface area (Å²) in [6.45, 7) is 0. The second-order valence-electron chi connectivity index (χ2n) is 4.95. The number of rotatable bonds is 3. The van der Waals surface area contributed by atoms with Gasteiger partial charge in [0.15, 0.2) is 0 Å². The summed E-state index contributed by atoms with van der Waals surface area (Å²) < 4.78 is 0. The SMILES string of the molecule is Nc1ccc(/C=C/c2ccc(C3=CC=CC3)cc2)cc1. The van der Waals surface area contributed by atoms with E-state index in [2.05, 4.69) is 54.6 Å². The van der Waals surface area contributed by atoms with Crippen LogP contribution in [-0.2, 0) is 0 Å². The molecule has 0 unspecified atom stereocenters. The molecule has 0 amide bonds. The predicted molar refractivity (Wildman–Crippen MR) is 88.0 cm³/mol. The van der Waals surface area contributed by atoms with E-state index in [0.29, 0.717) is 0 Å². The Morgan fingerprint density at radius 3 is 1.95 bits per heavy atom. The van der Waals surface area contributed by atoms with E-state index >= 15 is 0 Å². The Morgan fingerprint density at radius 1 is 0.800 bits per heavy atom. The molecular weight excluding hydrogens is 242 g/mol. The van der Waals surface area contributed by atoms with Crippen LogP contribution < -0.4 is 5.73 Å². The van der Waals surface area contributed by atoms with Crippen molar-refractivity contribution < 1.29 is 0 Å². The highest BCUT2D eigenvalue weighted by molar-refractivity contribution is 5.74. The van der Waals surface area contributed by atoms with E-state index in [4.69, 9.17) is 5.73 Å². The molecular formula is C19H17N. The van der Waals surface area contributed by atoms with Crippen molar-refractivity contribution in [2.75, 3.05) is 5.73 Å². The lowest BCUT2D eigenvalue weighted by Crippen LogP contribution is -1.83. The highest BCUT2D eigenvalue weighted by Gasteiger charge is 2.01. The summed E-state index contributed by atoms with van der Waals surface area (Å²) in [5.41, 5.74) is 11.5. The smallest absolute Gasteiger partial charge is 0.0314 e. The van der Waals surface area contributed by atoms with Crippen molar-refractivity contribution in [1.29, 1.82) is 0 Å². The summed E-state index contributed by atoms with van der Waals surface area (Å²) in [5, 5.41) is 0. The van der Waals surface area contributed by atoms with Crippen LogP contribution in [0.1, 0.15) is 23.1 Å². The van der Waals surface area contributed by atoms with Crippen LogP contribution in [0.25, 0.3) is 17.7 Å². The van der Waals surface area contributed by atoms with E-state index in [1.807, 2.05) is 24.3 Å². The fourth-order valence-electron chi connectivity index (χ4n) is 2.27. The zero-order chi connectivity index (χ0) is 13.8. The lowest BCUT2D eigenvalue weighted by atomic mass is 10.0. The number of nitrogen functional groups attached to an aromatic ring is 1. The number of nitrogens with two attached hydrogens (primary N) is 1. The zero-order valence-electron chi connectivity index (χ0n) is 11.3. The molecule has 3 rings (SSSR count). The summed E-state index contributed by atoms with van der Waals surface area (Å²) in [7, 11) is 0. The van der Waals surface area contributed by atoms with E-state index < -0.39 is 0 Å². The monoisotopic (exact) mass is 259 g/mol. The van der Waals surface area contributed by atoms with Crippen molar-refractivity contribution in [2.24, 2.45) is 0 Å². The van der Waals surface area contributed by atoms with Gasteiger partial charge in [0.1, 0.15) is 0 Å². The summed E-state index contributed by atoms with van der Waals surface area (Å²) in [6, 6.07) is 16.6. The van der Waals surface area contributed by atoms with Crippen molar-refractivity contribution >= 4 is 23.4 Å². The summed E-state index contributed by atoms with van der Waals surface area (Å²) in [6.07, 6.45) is 11.7. The third-order valence-corrected chi connectivity index (χ3v) is 3.46. The standard InChI is InChI=1S/C19H17N/c20-19-13-9-16(10-14-19)6-5-15-7-11-18(12-8-15)17-3-1-2-4-17/h1-3,5-14H,4,20H2/b6-5+. The Kier molecular flexibility index (Phi) is 3.51. The summed E-state index contributed by atoms with van der Waals surface area (Å²) in [4.78, 5) is 0. The largest absolute Gasteiger partial charge is 0.399 e. The third kappa shape index (κ3) is 2.89. The summed E-state index contributed by atoms with van der Waals surface area (Å²) >= 11 is 0. The first-order valence-corrected chi connectivity index (χ1v) is 6.81. The van der Waals surface area contributed by atoms with Crippen molar-refractivity contribution in [2.45, 2.75) is 6.42 Å². The van der Waals surface area contributed by atoms with Gasteiger partial charge in [-0.05, 0) is 40.8 Å². The van der Waals surface area contributed by atoms with Gasteiger partial charge in [-0.25, -0.2) is 0 Å². The van der Waals surface area contributed by atoms with Gasteiger partial charge in [-0.15, -0.1) is 0 Å². The van der Waals surface area contributed by atoms with Crippen LogP contribution >= 0.6 is 0 Å². The van der Waals surface area contributed by atoms with Crippen molar-refractivity contribution in [1.82, 2.24) is 0 Å². The molecule has 2 aromatic carbocycles. The van der Waals surface area contributed by atoms with Crippen molar-refractivity contribution in [3.05, 3.63) is 83.4 Å². The number of allylic oxidation sites excluding steroid dienone is 4. The van der Waals surface area contributed by atoms with E-state index in [9.17, 15) is 0 Å². The molecule has 1 aliphatic rings. The van der Waals surface area contributed by atoms with Gasteiger partial charge in [0.25, 0.3) is 0 Å². The van der Waals surface area contributed by atoms with Crippen LogP contribution in [0.5, 0.6) is 0 Å². The van der Waals surface area contributed by atoms with Crippen molar-refractivity contribution in [3.8, 4) is 0 Å². The lowest BCUT2D eigenvalue weighted by molar-refractivity contribution is 1.43. The minimum atomic E-state index is 0.796. The Labute approximate surface area is 119 Å². The molecule has 1 nitrogen and oxygen atoms in total. The maximum atomic E-state index is 5.68. The second kappa shape index (κ2) is 5.62. The average Bonchev–Trinajstić information content (AvgIpc) is 3.01. The molecule has 1 heteroatoms. The van der Waals surface area contributed by atoms with Gasteiger partial charge < -0.3 is 5.73 Å². The van der Waals surface area contributed by atoms with Gasteiger partial charge in [-0.2, -0.15) is 0 Å². The molecule has 20 heavy (non-hydrogen) atoms. The van der Waals surface area contributed by atoms with Gasteiger partial charge in [0, 0.05) is 5.69 Å². The van der Waals surface area contributed by atoms with Crippen LogP contribution in [0.15, 0.2) is 66.8 Å². The molecule has 0 saturated carbocycles. The molecule has 2 aromatic rings. The zero-order valence-corrected chi connectivity index (χ0v) is 11.3. The third-order valence-electron chi connectivity index (χ3n) is 3.46. The van der Waals surface area contributed by atoms with Crippen LogP contribution in [0.3, 0.4) is 0 Å². The topological polar surface area (TPSA) is 26.0 Å².